The summed E-state index contributed by atoms with van der Waals surface area (Å²) >= 11 is 4.17. The number of hydrogen-bond acceptors (Lipinski definition) is 1. The Bertz CT molecular complexity index is 617. The van der Waals surface area contributed by atoms with E-state index in [1.165, 1.54) is 22.3 Å². The minimum absolute atomic E-state index is 1.03. The van der Waals surface area contributed by atoms with Crippen LogP contribution in [0.2, 0.25) is 0 Å². The molecule has 1 aliphatic carbocycles. The van der Waals surface area contributed by atoms with Crippen LogP contribution in [0.15, 0.2) is 59.5 Å². The highest BCUT2D eigenvalue weighted by Crippen LogP contribution is 2.19. The Morgan fingerprint density at radius 2 is 1.85 bits per heavy atom. The molecule has 0 fully saturated rings. The van der Waals surface area contributed by atoms with Crippen molar-refractivity contribution in [3.05, 3.63) is 81.8 Å². The van der Waals surface area contributed by atoms with Crippen LogP contribution in [-0.4, -0.2) is 0 Å². The summed E-state index contributed by atoms with van der Waals surface area (Å²) in [7, 11) is 0. The quantitative estimate of drug-likeness (QED) is 0.651. The maximum Gasteiger partial charge on any atom is -0.00882 e. The van der Waals surface area contributed by atoms with Crippen LogP contribution in [0.25, 0.3) is 12.2 Å². The molecule has 0 amide bonds. The van der Waals surface area contributed by atoms with Crippen LogP contribution in [0.1, 0.15) is 29.2 Å². The second-order valence-corrected chi connectivity index (χ2v) is 5.71. The predicted octanol–water partition coefficient (Wildman–Crippen LogP) is 5.54. The van der Waals surface area contributed by atoms with E-state index in [4.69, 9.17) is 0 Å². The zero-order valence-corrected chi connectivity index (χ0v) is 12.9. The molecule has 0 saturated carbocycles. The van der Waals surface area contributed by atoms with Gasteiger partial charge in [-0.05, 0) is 47.9 Å². The molecule has 20 heavy (non-hydrogen) atoms. The topological polar surface area (TPSA) is 0 Å². The monoisotopic (exact) mass is 280 g/mol. The Hall–Kier alpha value is -1.73. The number of hydrogen-bond donors (Lipinski definition) is 1. The zero-order valence-electron chi connectivity index (χ0n) is 12.0. The van der Waals surface area contributed by atoms with Gasteiger partial charge in [-0.15, -0.1) is 12.6 Å². The highest BCUT2D eigenvalue weighted by molar-refractivity contribution is 7.84. The van der Waals surface area contributed by atoms with Crippen molar-refractivity contribution in [2.75, 3.05) is 0 Å². The van der Waals surface area contributed by atoms with Gasteiger partial charge in [0, 0.05) is 0 Å². The van der Waals surface area contributed by atoms with Crippen molar-refractivity contribution in [3.8, 4) is 0 Å². The lowest BCUT2D eigenvalue weighted by molar-refractivity contribution is 1.29. The van der Waals surface area contributed by atoms with Gasteiger partial charge in [0.25, 0.3) is 0 Å². The molecule has 1 aliphatic rings. The minimum Gasteiger partial charge on any atom is -0.148 e. The van der Waals surface area contributed by atoms with Crippen molar-refractivity contribution >= 4 is 24.8 Å². The highest BCUT2D eigenvalue weighted by atomic mass is 32.1. The first-order chi connectivity index (χ1) is 9.65. The average Bonchev–Trinajstić information content (AvgIpc) is 2.87. The molecule has 0 saturated heterocycles. The summed E-state index contributed by atoms with van der Waals surface area (Å²) in [5.74, 6) is 0. The summed E-state index contributed by atoms with van der Waals surface area (Å²) in [6.07, 6.45) is 7.56. The molecule has 2 aromatic rings. The summed E-state index contributed by atoms with van der Waals surface area (Å²) in [6, 6.07) is 16.8. The number of aryl methyl sites for hydroxylation is 1. The summed E-state index contributed by atoms with van der Waals surface area (Å²) in [4.78, 5) is 1.03. The van der Waals surface area contributed by atoms with Crippen LogP contribution >= 0.6 is 12.6 Å². The summed E-state index contributed by atoms with van der Waals surface area (Å²) < 4.78 is 0. The van der Waals surface area contributed by atoms with Crippen molar-refractivity contribution in [1.29, 1.82) is 0 Å². The summed E-state index contributed by atoms with van der Waals surface area (Å²) in [6.45, 7) is 4.10. The van der Waals surface area contributed by atoms with Gasteiger partial charge in [0.15, 0.2) is 0 Å². The Kier molecular flexibility index (Phi) is 5.25. The Balaban J connectivity index is 0.000000147. The van der Waals surface area contributed by atoms with Crippen LogP contribution in [0.3, 0.4) is 0 Å². The van der Waals surface area contributed by atoms with Gasteiger partial charge in [0.05, 0.1) is 0 Å². The van der Waals surface area contributed by atoms with E-state index < -0.39 is 0 Å². The third-order valence-corrected chi connectivity index (χ3v) is 3.24. The third-order valence-electron chi connectivity index (χ3n) is 3.11. The molecule has 0 N–H and O–H groups in total. The first kappa shape index (κ1) is 14.7. The van der Waals surface area contributed by atoms with Gasteiger partial charge in [-0.25, -0.2) is 0 Å². The second-order valence-electron chi connectivity index (χ2n) is 5.01. The SMILES string of the molecule is C/C(S)=C/c1ccccc1.Cc1ccc2c(c1)C=CC2. The number of fused-ring (bicyclic) bond motifs is 1. The van der Waals surface area contributed by atoms with E-state index in [0.717, 1.165) is 11.3 Å². The van der Waals surface area contributed by atoms with Crippen LogP contribution < -0.4 is 0 Å². The lowest BCUT2D eigenvalue weighted by Crippen LogP contribution is -1.81. The molecule has 0 nitrogen and oxygen atoms in total. The second kappa shape index (κ2) is 7.16. The van der Waals surface area contributed by atoms with E-state index in [2.05, 4.69) is 62.0 Å². The van der Waals surface area contributed by atoms with Crippen LogP contribution in [0, 0.1) is 6.92 Å². The van der Waals surface area contributed by atoms with Crippen LogP contribution in [0.5, 0.6) is 0 Å². The first-order valence-electron chi connectivity index (χ1n) is 6.83. The molecular formula is C19H20S. The van der Waals surface area contributed by atoms with Crippen LogP contribution in [-0.2, 0) is 6.42 Å². The molecule has 0 heterocycles. The molecule has 0 aliphatic heterocycles. The Labute approximate surface area is 127 Å². The van der Waals surface area contributed by atoms with E-state index >= 15 is 0 Å². The fraction of sp³-hybridized carbons (Fsp3) is 0.158. The Morgan fingerprint density at radius 3 is 2.55 bits per heavy atom. The smallest absolute Gasteiger partial charge is 0.00882 e. The molecule has 3 rings (SSSR count). The van der Waals surface area contributed by atoms with Gasteiger partial charge in [-0.3, -0.25) is 0 Å². The van der Waals surface area contributed by atoms with E-state index in [1.54, 1.807) is 0 Å². The van der Waals surface area contributed by atoms with Gasteiger partial charge in [-0.2, -0.15) is 0 Å². The largest absolute Gasteiger partial charge is 0.148 e. The molecule has 0 unspecified atom stereocenters. The van der Waals surface area contributed by atoms with E-state index in [1.807, 2.05) is 31.2 Å². The summed E-state index contributed by atoms with van der Waals surface area (Å²) in [5.41, 5.74) is 5.42. The van der Waals surface area contributed by atoms with Crippen molar-refractivity contribution < 1.29 is 0 Å². The normalized spacial score (nSPS) is 12.7. The number of thiol groups is 1. The van der Waals surface area contributed by atoms with Gasteiger partial charge in [-0.1, -0.05) is 66.2 Å². The molecule has 2 aromatic carbocycles. The van der Waals surface area contributed by atoms with Crippen molar-refractivity contribution in [2.24, 2.45) is 0 Å². The zero-order chi connectivity index (χ0) is 14.4. The van der Waals surface area contributed by atoms with E-state index in [0.29, 0.717) is 0 Å². The lowest BCUT2D eigenvalue weighted by Gasteiger charge is -1.97. The molecule has 0 spiro atoms. The van der Waals surface area contributed by atoms with E-state index in [9.17, 15) is 0 Å². The maximum atomic E-state index is 4.17. The lowest BCUT2D eigenvalue weighted by atomic mass is 10.1. The van der Waals surface area contributed by atoms with Crippen LogP contribution in [0.4, 0.5) is 0 Å². The van der Waals surface area contributed by atoms with E-state index in [-0.39, 0.29) is 0 Å². The number of rotatable bonds is 1. The number of allylic oxidation sites excluding steroid dienone is 2. The average molecular weight is 280 g/mol. The standard InChI is InChI=1S/C10H10.C9H10S/c1-8-5-6-9-3-2-4-10(9)7-8;1-8(10)7-9-5-3-2-4-6-9/h2,4-7H,3H2,1H3;2-7,10H,1H3/b;8-7-. The maximum absolute atomic E-state index is 4.17. The molecule has 0 radical (unpaired) electrons. The summed E-state index contributed by atoms with van der Waals surface area (Å²) in [5, 5.41) is 0. The molecule has 0 atom stereocenters. The molecular weight excluding hydrogens is 260 g/mol. The highest BCUT2D eigenvalue weighted by Gasteiger charge is 2.02. The fourth-order valence-corrected chi connectivity index (χ4v) is 2.31. The Morgan fingerprint density at radius 1 is 1.10 bits per heavy atom. The minimum atomic E-state index is 1.03. The van der Waals surface area contributed by atoms with Gasteiger partial charge in [0.2, 0.25) is 0 Å². The van der Waals surface area contributed by atoms with Crippen molar-refractivity contribution in [3.63, 3.8) is 0 Å². The van der Waals surface area contributed by atoms with Crippen molar-refractivity contribution in [2.45, 2.75) is 20.3 Å². The molecule has 0 aromatic heterocycles. The van der Waals surface area contributed by atoms with Gasteiger partial charge < -0.3 is 0 Å². The first-order valence-corrected chi connectivity index (χ1v) is 7.28. The molecule has 0 bridgehead atoms. The molecule has 1 heteroatoms. The predicted molar refractivity (Wildman–Crippen MR) is 93.0 cm³/mol. The number of benzene rings is 2. The van der Waals surface area contributed by atoms with Crippen molar-refractivity contribution in [1.82, 2.24) is 0 Å². The van der Waals surface area contributed by atoms with Gasteiger partial charge >= 0.3 is 0 Å². The third kappa shape index (κ3) is 4.43. The van der Waals surface area contributed by atoms with Gasteiger partial charge in [0.1, 0.15) is 0 Å². The fourth-order valence-electron chi connectivity index (χ4n) is 2.16. The molecule has 102 valence electrons.